The molecule has 0 saturated heterocycles. The maximum atomic E-state index is 13.6. The molecule has 192 valence electrons. The van der Waals surface area contributed by atoms with Gasteiger partial charge in [0.2, 0.25) is 0 Å². The highest BCUT2D eigenvalue weighted by molar-refractivity contribution is 6.22. The quantitative estimate of drug-likeness (QED) is 0.528. The molecule has 0 unspecified atom stereocenters. The van der Waals surface area contributed by atoms with Crippen molar-refractivity contribution in [2.75, 3.05) is 30.9 Å². The fourth-order valence-electron chi connectivity index (χ4n) is 5.00. The average molecular weight is 498 g/mol. The highest BCUT2D eigenvalue weighted by atomic mass is 16.5. The average Bonchev–Trinajstić information content (AvgIpc) is 3.12. The van der Waals surface area contributed by atoms with Crippen molar-refractivity contribution in [1.29, 1.82) is 0 Å². The number of methoxy groups -OCH3 is 1. The number of rotatable bonds is 8. The number of carbonyl (C=O) groups excluding carboxylic acids is 3. The lowest BCUT2D eigenvalue weighted by molar-refractivity contribution is 0.0548. The molecule has 0 radical (unpaired) electrons. The van der Waals surface area contributed by atoms with Gasteiger partial charge in [-0.05, 0) is 37.5 Å². The van der Waals surface area contributed by atoms with Crippen molar-refractivity contribution in [2.24, 2.45) is 0 Å². The second-order valence-electron chi connectivity index (χ2n) is 9.13. The molecule has 2 aromatic rings. The lowest BCUT2D eigenvalue weighted by atomic mass is 9.94. The van der Waals surface area contributed by atoms with Crippen molar-refractivity contribution in [3.05, 3.63) is 55.7 Å². The molecule has 36 heavy (non-hydrogen) atoms. The summed E-state index contributed by atoms with van der Waals surface area (Å²) in [7, 11) is 1.45. The third kappa shape index (κ3) is 4.46. The second-order valence-corrected chi connectivity index (χ2v) is 9.13. The summed E-state index contributed by atoms with van der Waals surface area (Å²) < 4.78 is 6.33. The summed E-state index contributed by atoms with van der Waals surface area (Å²) in [5.74, 6) is -1.49. The van der Waals surface area contributed by atoms with Gasteiger partial charge in [0, 0.05) is 31.8 Å². The van der Waals surface area contributed by atoms with Gasteiger partial charge in [0.1, 0.15) is 5.82 Å². The Bertz CT molecular complexity index is 1310. The summed E-state index contributed by atoms with van der Waals surface area (Å²) in [5, 5.41) is 0. The summed E-state index contributed by atoms with van der Waals surface area (Å²) in [6.45, 7) is 2.18. The van der Waals surface area contributed by atoms with Gasteiger partial charge in [-0.15, -0.1) is 0 Å². The molecule has 11 heteroatoms. The molecule has 3 amide bonds. The van der Waals surface area contributed by atoms with Crippen LogP contribution in [0.3, 0.4) is 0 Å². The van der Waals surface area contributed by atoms with Crippen LogP contribution in [-0.4, -0.2) is 58.5 Å². The molecule has 1 aromatic heterocycles. The van der Waals surface area contributed by atoms with Crippen LogP contribution in [0.15, 0.2) is 27.8 Å². The minimum atomic E-state index is -0.801. The van der Waals surface area contributed by atoms with Crippen molar-refractivity contribution in [2.45, 2.75) is 58.0 Å². The number of aromatic nitrogens is 2. The number of nitrogen functional groups attached to an aromatic ring is 1. The topological polar surface area (TPSA) is 148 Å². The van der Waals surface area contributed by atoms with E-state index in [4.69, 9.17) is 10.5 Å². The van der Waals surface area contributed by atoms with E-state index in [9.17, 15) is 24.0 Å². The van der Waals surface area contributed by atoms with Gasteiger partial charge in [-0.2, -0.15) is 0 Å². The Morgan fingerprint density at radius 1 is 1.11 bits per heavy atom. The van der Waals surface area contributed by atoms with Crippen LogP contribution in [0.1, 0.15) is 76.5 Å². The summed E-state index contributed by atoms with van der Waals surface area (Å²) in [4.78, 5) is 69.6. The Hall–Kier alpha value is -3.73. The zero-order valence-corrected chi connectivity index (χ0v) is 20.5. The van der Waals surface area contributed by atoms with E-state index in [1.807, 2.05) is 6.92 Å². The monoisotopic (exact) mass is 497 g/mol. The second kappa shape index (κ2) is 10.5. The van der Waals surface area contributed by atoms with Gasteiger partial charge in [0.25, 0.3) is 23.3 Å². The van der Waals surface area contributed by atoms with E-state index in [0.717, 1.165) is 37.0 Å². The Kier molecular flexibility index (Phi) is 7.39. The van der Waals surface area contributed by atoms with E-state index < -0.39 is 23.1 Å². The van der Waals surface area contributed by atoms with Gasteiger partial charge in [-0.25, -0.2) is 4.79 Å². The highest BCUT2D eigenvalue weighted by Gasteiger charge is 2.40. The number of carbonyl (C=O) groups is 3. The van der Waals surface area contributed by atoms with E-state index in [1.165, 1.54) is 34.8 Å². The van der Waals surface area contributed by atoms with Gasteiger partial charge in [0.15, 0.2) is 5.69 Å². The van der Waals surface area contributed by atoms with Crippen LogP contribution in [0.25, 0.3) is 0 Å². The number of benzene rings is 1. The number of ether oxygens (including phenoxy) is 1. The zero-order chi connectivity index (χ0) is 26.0. The minimum absolute atomic E-state index is 0.0227. The zero-order valence-electron chi connectivity index (χ0n) is 20.5. The number of hydrogen-bond donors (Lipinski definition) is 2. The predicted molar refractivity (Wildman–Crippen MR) is 133 cm³/mol. The van der Waals surface area contributed by atoms with Crippen molar-refractivity contribution >= 4 is 29.2 Å². The molecule has 0 atom stereocenters. The molecule has 3 N–H and O–H groups in total. The fourth-order valence-corrected chi connectivity index (χ4v) is 5.00. The van der Waals surface area contributed by atoms with E-state index in [2.05, 4.69) is 4.98 Å². The molecule has 1 aromatic carbocycles. The van der Waals surface area contributed by atoms with Gasteiger partial charge in [-0.1, -0.05) is 26.2 Å². The number of nitrogens with one attached hydrogen (secondary N) is 1. The maximum Gasteiger partial charge on any atom is 0.330 e. The number of H-pyrrole nitrogens is 1. The molecule has 4 rings (SSSR count). The highest BCUT2D eigenvalue weighted by Crippen LogP contribution is 2.32. The lowest BCUT2D eigenvalue weighted by Crippen LogP contribution is -2.42. The molecule has 0 spiro atoms. The van der Waals surface area contributed by atoms with Gasteiger partial charge < -0.3 is 10.5 Å². The van der Waals surface area contributed by atoms with Crippen LogP contribution >= 0.6 is 0 Å². The number of imide groups is 1. The summed E-state index contributed by atoms with van der Waals surface area (Å²) in [6.07, 6.45) is 5.15. The van der Waals surface area contributed by atoms with Crippen LogP contribution in [0.5, 0.6) is 0 Å². The van der Waals surface area contributed by atoms with Gasteiger partial charge in [-0.3, -0.25) is 38.5 Å². The molecule has 2 heterocycles. The third-order valence-electron chi connectivity index (χ3n) is 6.80. The standard InChI is InChI=1S/C25H31N5O6/c1-3-11-29-20(26)19(21(31)27-25(29)35)28(12-13-36-2)22(32)15-9-10-17-18(14-15)24(34)30(23(17)33)16-7-5-4-6-8-16/h9-10,14,16H,3-8,11-13,26H2,1-2H3,(H,27,31,35). The number of anilines is 2. The van der Waals surface area contributed by atoms with E-state index in [1.54, 1.807) is 0 Å². The number of aromatic amines is 1. The molecule has 2 aliphatic rings. The number of fused-ring (bicyclic) bond motifs is 1. The molecule has 1 fully saturated rings. The van der Waals surface area contributed by atoms with Gasteiger partial charge in [0.05, 0.1) is 17.7 Å². The molecule has 1 saturated carbocycles. The Labute approximate surface area is 207 Å². The molecule has 1 aliphatic carbocycles. The number of nitrogens with zero attached hydrogens (tertiary/aromatic N) is 3. The summed E-state index contributed by atoms with van der Waals surface area (Å²) in [6, 6.07) is 4.20. The Morgan fingerprint density at radius 2 is 1.81 bits per heavy atom. The Balaban J connectivity index is 1.73. The third-order valence-corrected chi connectivity index (χ3v) is 6.80. The fraction of sp³-hybridized carbons (Fsp3) is 0.480. The smallest absolute Gasteiger partial charge is 0.330 e. The SMILES string of the molecule is CCCn1c(N)c(N(CCOC)C(=O)c2ccc3c(c2)C(=O)N(C2CCCCC2)C3=O)c(=O)[nH]c1=O. The molecule has 11 nitrogen and oxygen atoms in total. The molecule has 0 bridgehead atoms. The van der Waals surface area contributed by atoms with Crippen molar-refractivity contribution < 1.29 is 19.1 Å². The van der Waals surface area contributed by atoms with Crippen LogP contribution in [0.4, 0.5) is 11.5 Å². The van der Waals surface area contributed by atoms with E-state index in [-0.39, 0.29) is 59.8 Å². The van der Waals surface area contributed by atoms with Crippen molar-refractivity contribution in [3.63, 3.8) is 0 Å². The van der Waals surface area contributed by atoms with E-state index >= 15 is 0 Å². The largest absolute Gasteiger partial charge is 0.383 e. The number of amides is 3. The van der Waals surface area contributed by atoms with Crippen LogP contribution in [0, 0.1) is 0 Å². The number of nitrogens with two attached hydrogens (primary N) is 1. The van der Waals surface area contributed by atoms with E-state index in [0.29, 0.717) is 6.42 Å². The normalized spacial score (nSPS) is 15.9. The van der Waals surface area contributed by atoms with Crippen LogP contribution in [-0.2, 0) is 11.3 Å². The predicted octanol–water partition coefficient (Wildman–Crippen LogP) is 1.75. The first-order chi connectivity index (χ1) is 17.3. The molecular formula is C25H31N5O6. The first kappa shape index (κ1) is 25.4. The first-order valence-electron chi connectivity index (χ1n) is 12.3. The van der Waals surface area contributed by atoms with Gasteiger partial charge >= 0.3 is 5.69 Å². The lowest BCUT2D eigenvalue weighted by Gasteiger charge is -2.29. The van der Waals surface area contributed by atoms with Crippen LogP contribution in [0.2, 0.25) is 0 Å². The first-order valence-corrected chi connectivity index (χ1v) is 12.3. The Morgan fingerprint density at radius 3 is 2.47 bits per heavy atom. The number of hydrogen-bond acceptors (Lipinski definition) is 7. The van der Waals surface area contributed by atoms with Crippen molar-refractivity contribution in [1.82, 2.24) is 14.5 Å². The molecule has 1 aliphatic heterocycles. The van der Waals surface area contributed by atoms with Crippen LogP contribution < -0.4 is 21.9 Å². The molecular weight excluding hydrogens is 466 g/mol. The van der Waals surface area contributed by atoms with Crippen molar-refractivity contribution in [3.8, 4) is 0 Å². The minimum Gasteiger partial charge on any atom is -0.383 e. The maximum absolute atomic E-state index is 13.6. The summed E-state index contributed by atoms with van der Waals surface area (Å²) in [5.41, 5.74) is 5.11. The summed E-state index contributed by atoms with van der Waals surface area (Å²) >= 11 is 0.